The van der Waals surface area contributed by atoms with E-state index in [0.29, 0.717) is 11.9 Å². The van der Waals surface area contributed by atoms with E-state index < -0.39 is 6.10 Å². The van der Waals surface area contributed by atoms with Gasteiger partial charge in [0.15, 0.2) is 5.82 Å². The molecule has 2 aromatic rings. The van der Waals surface area contributed by atoms with Gasteiger partial charge in [0.05, 0.1) is 12.1 Å². The van der Waals surface area contributed by atoms with Crippen molar-refractivity contribution < 1.29 is 9.63 Å². The first kappa shape index (κ1) is 16.1. The third-order valence-electron chi connectivity index (χ3n) is 4.76. The summed E-state index contributed by atoms with van der Waals surface area (Å²) in [7, 11) is 0. The monoisotopic (exact) mass is 315 g/mol. The molecule has 0 amide bonds. The van der Waals surface area contributed by atoms with Crippen LogP contribution in [0.3, 0.4) is 0 Å². The van der Waals surface area contributed by atoms with E-state index in [9.17, 15) is 5.11 Å². The van der Waals surface area contributed by atoms with Crippen molar-refractivity contribution in [2.24, 2.45) is 0 Å². The van der Waals surface area contributed by atoms with Crippen LogP contribution in [0.1, 0.15) is 62.5 Å². The van der Waals surface area contributed by atoms with Crippen LogP contribution in [-0.2, 0) is 6.42 Å². The minimum Gasteiger partial charge on any atom is -0.388 e. The largest absolute Gasteiger partial charge is 0.388 e. The minimum absolute atomic E-state index is 0.0956. The number of nitrogens with zero attached hydrogens (tertiary/aromatic N) is 3. The predicted molar refractivity (Wildman–Crippen MR) is 87.8 cm³/mol. The lowest BCUT2D eigenvalue weighted by Crippen LogP contribution is -2.33. The van der Waals surface area contributed by atoms with Crippen molar-refractivity contribution >= 4 is 0 Å². The molecule has 1 aliphatic rings. The van der Waals surface area contributed by atoms with Crippen LogP contribution >= 0.6 is 0 Å². The van der Waals surface area contributed by atoms with E-state index in [1.54, 1.807) is 0 Å². The zero-order chi connectivity index (χ0) is 16.2. The number of likely N-dealkylation sites (tertiary alicyclic amines) is 1. The Hall–Kier alpha value is -1.72. The van der Waals surface area contributed by atoms with E-state index in [2.05, 4.69) is 22.0 Å². The van der Waals surface area contributed by atoms with Crippen molar-refractivity contribution in [3.63, 3.8) is 0 Å². The van der Waals surface area contributed by atoms with Crippen LogP contribution in [-0.4, -0.2) is 32.7 Å². The topological polar surface area (TPSA) is 62.4 Å². The summed E-state index contributed by atoms with van der Waals surface area (Å²) in [6, 6.07) is 10.3. The highest BCUT2D eigenvalue weighted by molar-refractivity contribution is 5.17. The Balaban J connectivity index is 1.67. The number of hydrogen-bond acceptors (Lipinski definition) is 5. The van der Waals surface area contributed by atoms with Gasteiger partial charge in [-0.1, -0.05) is 42.4 Å². The minimum atomic E-state index is -0.428. The van der Waals surface area contributed by atoms with Crippen LogP contribution in [0.5, 0.6) is 0 Å². The highest BCUT2D eigenvalue weighted by Gasteiger charge is 2.33. The number of rotatable bonds is 6. The van der Waals surface area contributed by atoms with Crippen molar-refractivity contribution in [2.75, 3.05) is 6.54 Å². The molecule has 0 bridgehead atoms. The van der Waals surface area contributed by atoms with Gasteiger partial charge in [0.25, 0.3) is 0 Å². The van der Waals surface area contributed by atoms with Gasteiger partial charge in [-0.25, -0.2) is 0 Å². The van der Waals surface area contributed by atoms with E-state index in [4.69, 9.17) is 4.52 Å². The Kier molecular flexibility index (Phi) is 5.08. The maximum Gasteiger partial charge on any atom is 0.243 e. The fourth-order valence-corrected chi connectivity index (χ4v) is 3.41. The highest BCUT2D eigenvalue weighted by atomic mass is 16.5. The first-order chi connectivity index (χ1) is 11.2. The maximum absolute atomic E-state index is 10.5. The Morgan fingerprint density at radius 2 is 2.13 bits per heavy atom. The van der Waals surface area contributed by atoms with Crippen molar-refractivity contribution in [3.8, 4) is 0 Å². The Bertz CT molecular complexity index is 614. The van der Waals surface area contributed by atoms with Gasteiger partial charge >= 0.3 is 0 Å². The molecule has 1 aromatic carbocycles. The van der Waals surface area contributed by atoms with Crippen LogP contribution in [0.2, 0.25) is 0 Å². The molecule has 1 N–H and O–H groups in total. The SMILES string of the molecule is CCc1noc(C(C)N2CCCC2CC(O)c2ccccc2)n1. The van der Waals surface area contributed by atoms with Crippen molar-refractivity contribution in [1.29, 1.82) is 0 Å². The van der Waals surface area contributed by atoms with Crippen LogP contribution in [0, 0.1) is 0 Å². The van der Waals surface area contributed by atoms with Gasteiger partial charge in [0, 0.05) is 12.5 Å². The lowest BCUT2D eigenvalue weighted by atomic mass is 10.00. The van der Waals surface area contributed by atoms with Crippen LogP contribution in [0.15, 0.2) is 34.9 Å². The zero-order valence-electron chi connectivity index (χ0n) is 13.9. The molecule has 1 fully saturated rings. The van der Waals surface area contributed by atoms with Gasteiger partial charge in [0.2, 0.25) is 5.89 Å². The molecule has 3 atom stereocenters. The summed E-state index contributed by atoms with van der Waals surface area (Å²) >= 11 is 0. The quantitative estimate of drug-likeness (QED) is 0.886. The van der Waals surface area contributed by atoms with Gasteiger partial charge in [-0.15, -0.1) is 0 Å². The van der Waals surface area contributed by atoms with Crippen molar-refractivity contribution in [2.45, 2.75) is 57.7 Å². The first-order valence-electron chi connectivity index (χ1n) is 8.50. The third kappa shape index (κ3) is 3.62. The number of aliphatic hydroxyl groups is 1. The fraction of sp³-hybridized carbons (Fsp3) is 0.556. The predicted octanol–water partition coefficient (Wildman–Crippen LogP) is 3.28. The number of aryl methyl sites for hydroxylation is 1. The molecule has 0 spiro atoms. The van der Waals surface area contributed by atoms with E-state index in [0.717, 1.165) is 43.6 Å². The molecule has 1 aliphatic heterocycles. The summed E-state index contributed by atoms with van der Waals surface area (Å²) in [4.78, 5) is 6.85. The van der Waals surface area contributed by atoms with Crippen molar-refractivity contribution in [1.82, 2.24) is 15.0 Å². The summed E-state index contributed by atoms with van der Waals surface area (Å²) in [6.07, 6.45) is 3.34. The standard InChI is InChI=1S/C18H25N3O2/c1-3-17-19-18(23-20-17)13(2)21-11-7-10-15(21)12-16(22)14-8-5-4-6-9-14/h4-6,8-9,13,15-16,22H,3,7,10-12H2,1-2H3. The molecule has 23 heavy (non-hydrogen) atoms. The van der Waals surface area contributed by atoms with Crippen molar-refractivity contribution in [3.05, 3.63) is 47.6 Å². The zero-order valence-corrected chi connectivity index (χ0v) is 13.9. The van der Waals surface area contributed by atoms with Gasteiger partial charge in [-0.3, -0.25) is 4.90 Å². The molecule has 0 radical (unpaired) electrons. The second-order valence-corrected chi connectivity index (χ2v) is 6.27. The average Bonchev–Trinajstić information content (AvgIpc) is 3.24. The number of aromatic nitrogens is 2. The molecule has 5 heteroatoms. The number of hydrogen-bond donors (Lipinski definition) is 1. The summed E-state index contributed by atoms with van der Waals surface area (Å²) in [5.74, 6) is 1.44. The molecule has 1 saturated heterocycles. The number of benzene rings is 1. The first-order valence-corrected chi connectivity index (χ1v) is 8.50. The van der Waals surface area contributed by atoms with Gasteiger partial charge in [-0.2, -0.15) is 4.98 Å². The normalized spacial score (nSPS) is 21.4. The average molecular weight is 315 g/mol. The molecule has 3 unspecified atom stereocenters. The Labute approximate surface area is 137 Å². The highest BCUT2D eigenvalue weighted by Crippen LogP contribution is 2.33. The lowest BCUT2D eigenvalue weighted by molar-refractivity contribution is 0.0934. The molecular formula is C18H25N3O2. The second kappa shape index (κ2) is 7.23. The van der Waals surface area contributed by atoms with E-state index >= 15 is 0 Å². The van der Waals surface area contributed by atoms with Gasteiger partial charge < -0.3 is 9.63 Å². The molecular weight excluding hydrogens is 290 g/mol. The molecule has 0 aliphatic carbocycles. The molecule has 3 rings (SSSR count). The Morgan fingerprint density at radius 3 is 2.83 bits per heavy atom. The van der Waals surface area contributed by atoms with E-state index in [1.807, 2.05) is 37.3 Å². The van der Waals surface area contributed by atoms with Crippen LogP contribution in [0.25, 0.3) is 0 Å². The van der Waals surface area contributed by atoms with Gasteiger partial charge in [0.1, 0.15) is 0 Å². The summed E-state index contributed by atoms with van der Waals surface area (Å²) < 4.78 is 5.40. The molecule has 0 saturated carbocycles. The number of aliphatic hydroxyl groups excluding tert-OH is 1. The summed E-state index contributed by atoms with van der Waals surface area (Å²) in [5.41, 5.74) is 0.984. The van der Waals surface area contributed by atoms with Crippen LogP contribution < -0.4 is 0 Å². The molecule has 124 valence electrons. The molecule has 1 aromatic heterocycles. The molecule has 2 heterocycles. The van der Waals surface area contributed by atoms with E-state index in [-0.39, 0.29) is 6.04 Å². The van der Waals surface area contributed by atoms with Gasteiger partial charge in [-0.05, 0) is 38.3 Å². The molecule has 5 nitrogen and oxygen atoms in total. The smallest absolute Gasteiger partial charge is 0.243 e. The lowest BCUT2D eigenvalue weighted by Gasteiger charge is -2.29. The fourth-order valence-electron chi connectivity index (χ4n) is 3.41. The summed E-state index contributed by atoms with van der Waals surface area (Å²) in [6.45, 7) is 5.14. The van der Waals surface area contributed by atoms with Crippen LogP contribution in [0.4, 0.5) is 0 Å². The van der Waals surface area contributed by atoms with E-state index in [1.165, 1.54) is 0 Å². The summed E-state index contributed by atoms with van der Waals surface area (Å²) in [5, 5.41) is 14.5. The third-order valence-corrected chi connectivity index (χ3v) is 4.76. The second-order valence-electron chi connectivity index (χ2n) is 6.27. The Morgan fingerprint density at radius 1 is 1.35 bits per heavy atom. The maximum atomic E-state index is 10.5.